The van der Waals surface area contributed by atoms with Crippen molar-refractivity contribution in [2.24, 2.45) is 5.92 Å². The first kappa shape index (κ1) is 15.0. The van der Waals surface area contributed by atoms with E-state index in [4.69, 9.17) is 0 Å². The number of anilines is 2. The zero-order valence-electron chi connectivity index (χ0n) is 14.3. The molecule has 2 heterocycles. The summed E-state index contributed by atoms with van der Waals surface area (Å²) >= 11 is 0. The summed E-state index contributed by atoms with van der Waals surface area (Å²) < 4.78 is 0. The van der Waals surface area contributed by atoms with E-state index in [1.807, 2.05) is 25.2 Å². The van der Waals surface area contributed by atoms with Crippen molar-refractivity contribution in [3.63, 3.8) is 0 Å². The zero-order valence-corrected chi connectivity index (χ0v) is 14.3. The molecule has 1 fully saturated rings. The van der Waals surface area contributed by atoms with Crippen LogP contribution in [0.3, 0.4) is 0 Å². The number of pyridine rings is 1. The van der Waals surface area contributed by atoms with Crippen molar-refractivity contribution >= 4 is 11.5 Å². The van der Waals surface area contributed by atoms with Crippen LogP contribution in [0.25, 0.3) is 11.1 Å². The molecule has 2 aliphatic rings. The fraction of sp³-hybridized carbons (Fsp3) is 0.286. The van der Waals surface area contributed by atoms with Crippen LogP contribution in [0.15, 0.2) is 67.0 Å². The second-order valence-corrected chi connectivity index (χ2v) is 6.81. The fourth-order valence-electron chi connectivity index (χ4n) is 3.24. The Kier molecular flexibility index (Phi) is 3.85. The Morgan fingerprint density at radius 1 is 0.958 bits per heavy atom. The lowest BCUT2D eigenvalue weighted by atomic mass is 10.0. The second kappa shape index (κ2) is 6.16. The number of hydrogen-bond donors (Lipinski definition) is 0. The lowest BCUT2D eigenvalue weighted by Crippen LogP contribution is -2.32. The third-order valence-corrected chi connectivity index (χ3v) is 4.80. The Hall–Kier alpha value is -2.55. The maximum atomic E-state index is 4.51. The molecule has 1 aliphatic heterocycles. The molecule has 4 rings (SSSR count). The van der Waals surface area contributed by atoms with Gasteiger partial charge < -0.3 is 9.80 Å². The molecule has 24 heavy (non-hydrogen) atoms. The number of benzene rings is 1. The van der Waals surface area contributed by atoms with Gasteiger partial charge in [-0.15, -0.1) is 0 Å². The number of nitrogens with zero attached hydrogens (tertiary/aromatic N) is 3. The topological polar surface area (TPSA) is 19.4 Å². The summed E-state index contributed by atoms with van der Waals surface area (Å²) in [6.45, 7) is 0. The SMILES string of the molecule is CN(C)c1ccc(-c2ccc(N3C=CC=CC3C3CC3)cc2)cn1. The van der Waals surface area contributed by atoms with Gasteiger partial charge in [-0.3, -0.25) is 0 Å². The minimum Gasteiger partial charge on any atom is -0.363 e. The van der Waals surface area contributed by atoms with Crippen LogP contribution >= 0.6 is 0 Å². The highest BCUT2D eigenvalue weighted by atomic mass is 15.2. The summed E-state index contributed by atoms with van der Waals surface area (Å²) in [7, 11) is 4.02. The minimum absolute atomic E-state index is 0.516. The molecule has 1 aromatic carbocycles. The molecule has 0 bridgehead atoms. The lowest BCUT2D eigenvalue weighted by molar-refractivity contribution is 0.677. The molecule has 0 spiro atoms. The number of rotatable bonds is 4. The van der Waals surface area contributed by atoms with E-state index >= 15 is 0 Å². The van der Waals surface area contributed by atoms with Crippen molar-refractivity contribution < 1.29 is 0 Å². The van der Waals surface area contributed by atoms with Gasteiger partial charge in [0.1, 0.15) is 5.82 Å². The molecule has 3 heteroatoms. The summed E-state index contributed by atoms with van der Waals surface area (Å²) in [6.07, 6.45) is 13.5. The normalized spacial score (nSPS) is 19.6. The van der Waals surface area contributed by atoms with E-state index in [0.717, 1.165) is 17.3 Å². The smallest absolute Gasteiger partial charge is 0.127 e. The van der Waals surface area contributed by atoms with E-state index in [1.165, 1.54) is 24.1 Å². The van der Waals surface area contributed by atoms with Gasteiger partial charge in [0.05, 0.1) is 6.04 Å². The van der Waals surface area contributed by atoms with Crippen LogP contribution in [0.2, 0.25) is 0 Å². The van der Waals surface area contributed by atoms with E-state index in [1.54, 1.807) is 0 Å². The van der Waals surface area contributed by atoms with Gasteiger partial charge in [-0.05, 0) is 54.7 Å². The molecule has 1 saturated carbocycles. The van der Waals surface area contributed by atoms with Crippen molar-refractivity contribution in [1.29, 1.82) is 0 Å². The highest BCUT2D eigenvalue weighted by molar-refractivity contribution is 5.67. The van der Waals surface area contributed by atoms with Crippen molar-refractivity contribution in [2.75, 3.05) is 23.9 Å². The monoisotopic (exact) mass is 317 g/mol. The lowest BCUT2D eigenvalue weighted by Gasteiger charge is -2.30. The van der Waals surface area contributed by atoms with Gasteiger partial charge >= 0.3 is 0 Å². The Bertz CT molecular complexity index is 753. The molecule has 2 aromatic rings. The largest absolute Gasteiger partial charge is 0.363 e. The highest BCUT2D eigenvalue weighted by Gasteiger charge is 2.33. The third kappa shape index (κ3) is 2.94. The number of aromatic nitrogens is 1. The van der Waals surface area contributed by atoms with Crippen LogP contribution in [0, 0.1) is 5.92 Å². The van der Waals surface area contributed by atoms with Crippen LogP contribution in [-0.4, -0.2) is 25.1 Å². The summed E-state index contributed by atoms with van der Waals surface area (Å²) in [4.78, 5) is 8.92. The van der Waals surface area contributed by atoms with Crippen LogP contribution in [0.4, 0.5) is 11.5 Å². The van der Waals surface area contributed by atoms with E-state index in [9.17, 15) is 0 Å². The van der Waals surface area contributed by atoms with Crippen LogP contribution in [0.1, 0.15) is 12.8 Å². The van der Waals surface area contributed by atoms with E-state index in [2.05, 4.69) is 70.7 Å². The van der Waals surface area contributed by atoms with Gasteiger partial charge in [0.2, 0.25) is 0 Å². The predicted molar refractivity (Wildman–Crippen MR) is 101 cm³/mol. The summed E-state index contributed by atoms with van der Waals surface area (Å²) in [5.74, 6) is 1.79. The number of hydrogen-bond acceptors (Lipinski definition) is 3. The molecule has 0 saturated heterocycles. The maximum Gasteiger partial charge on any atom is 0.127 e. The third-order valence-electron chi connectivity index (χ3n) is 4.80. The van der Waals surface area contributed by atoms with Crippen LogP contribution < -0.4 is 9.80 Å². The Balaban J connectivity index is 1.56. The summed E-state index contributed by atoms with van der Waals surface area (Å²) in [6, 6.07) is 13.5. The average Bonchev–Trinajstić information content (AvgIpc) is 3.47. The molecule has 0 amide bonds. The molecular formula is C21H23N3. The Morgan fingerprint density at radius 3 is 2.33 bits per heavy atom. The van der Waals surface area contributed by atoms with Gasteiger partial charge in [0.25, 0.3) is 0 Å². The maximum absolute atomic E-state index is 4.51. The van der Waals surface area contributed by atoms with Crippen molar-refractivity contribution in [3.8, 4) is 11.1 Å². The average molecular weight is 317 g/mol. The molecule has 1 unspecified atom stereocenters. The van der Waals surface area contributed by atoms with Crippen molar-refractivity contribution in [2.45, 2.75) is 18.9 Å². The first-order valence-electron chi connectivity index (χ1n) is 8.59. The van der Waals surface area contributed by atoms with E-state index in [-0.39, 0.29) is 0 Å². The molecule has 0 radical (unpaired) electrons. The second-order valence-electron chi connectivity index (χ2n) is 6.81. The zero-order chi connectivity index (χ0) is 16.5. The molecule has 122 valence electrons. The van der Waals surface area contributed by atoms with Gasteiger partial charge in [-0.2, -0.15) is 0 Å². The van der Waals surface area contributed by atoms with Crippen LogP contribution in [0.5, 0.6) is 0 Å². The van der Waals surface area contributed by atoms with E-state index < -0.39 is 0 Å². The minimum atomic E-state index is 0.516. The quantitative estimate of drug-likeness (QED) is 0.828. The van der Waals surface area contributed by atoms with Crippen molar-refractivity contribution in [1.82, 2.24) is 4.98 Å². The van der Waals surface area contributed by atoms with Crippen LogP contribution in [-0.2, 0) is 0 Å². The summed E-state index contributed by atoms with van der Waals surface area (Å²) in [5.41, 5.74) is 3.62. The highest BCUT2D eigenvalue weighted by Crippen LogP contribution is 2.39. The van der Waals surface area contributed by atoms with Gasteiger partial charge in [0.15, 0.2) is 0 Å². The van der Waals surface area contributed by atoms with Crippen molar-refractivity contribution in [3.05, 3.63) is 67.0 Å². The standard InChI is InChI=1S/C21H23N3/c1-23(2)21-13-10-18(15-22-21)16-8-11-19(12-9-16)24-14-4-3-5-20(24)17-6-7-17/h3-5,8-15,17,20H,6-7H2,1-2H3. The first-order chi connectivity index (χ1) is 11.7. The molecule has 1 aromatic heterocycles. The Morgan fingerprint density at radius 2 is 1.71 bits per heavy atom. The molecule has 1 atom stereocenters. The molecule has 3 nitrogen and oxygen atoms in total. The van der Waals surface area contributed by atoms with E-state index in [0.29, 0.717) is 6.04 Å². The fourth-order valence-corrected chi connectivity index (χ4v) is 3.24. The first-order valence-corrected chi connectivity index (χ1v) is 8.59. The molecule has 0 N–H and O–H groups in total. The number of allylic oxidation sites excluding steroid dienone is 2. The molecule has 1 aliphatic carbocycles. The van der Waals surface area contributed by atoms with Gasteiger partial charge in [0, 0.05) is 37.7 Å². The summed E-state index contributed by atoms with van der Waals surface area (Å²) in [5, 5.41) is 0. The molecular weight excluding hydrogens is 294 g/mol. The van der Waals surface area contributed by atoms with Gasteiger partial charge in [-0.1, -0.05) is 24.3 Å². The van der Waals surface area contributed by atoms with Gasteiger partial charge in [-0.25, -0.2) is 4.98 Å². The Labute approximate surface area is 143 Å². The predicted octanol–water partition coefficient (Wildman–Crippen LogP) is 4.48.